The Bertz CT molecular complexity index is 576. The molecule has 2 aromatic rings. The van der Waals surface area contributed by atoms with Gasteiger partial charge >= 0.3 is 0 Å². The minimum atomic E-state index is 0.586. The topological polar surface area (TPSA) is 43.8 Å². The molecular weight excluding hydrogens is 210 g/mol. The van der Waals surface area contributed by atoms with E-state index in [0.717, 1.165) is 5.52 Å². The summed E-state index contributed by atoms with van der Waals surface area (Å²) in [5.74, 6) is 2.04. The van der Waals surface area contributed by atoms with Gasteiger partial charge in [-0.1, -0.05) is 12.1 Å². The molecule has 1 aromatic carbocycles. The summed E-state index contributed by atoms with van der Waals surface area (Å²) in [6, 6.07) is 7.13. The molecule has 88 valence electrons. The highest BCUT2D eigenvalue weighted by Gasteiger charge is 2.35. The molecular formula is C14H17N3. The molecule has 0 bridgehead atoms. The number of para-hydroxylation sites is 1. The van der Waals surface area contributed by atoms with Crippen molar-refractivity contribution in [1.29, 1.82) is 0 Å². The van der Waals surface area contributed by atoms with Crippen molar-refractivity contribution in [2.75, 3.05) is 0 Å². The average molecular weight is 227 g/mol. The molecule has 0 aliphatic heterocycles. The highest BCUT2D eigenvalue weighted by atomic mass is 15.1. The minimum Gasteiger partial charge on any atom is -0.326 e. The molecule has 0 spiro atoms. The van der Waals surface area contributed by atoms with Gasteiger partial charge in [-0.25, -0.2) is 4.98 Å². The van der Waals surface area contributed by atoms with Gasteiger partial charge in [-0.05, 0) is 37.3 Å². The van der Waals surface area contributed by atoms with E-state index in [9.17, 15) is 0 Å². The van der Waals surface area contributed by atoms with Crippen molar-refractivity contribution in [1.82, 2.24) is 9.55 Å². The molecule has 3 nitrogen and oxygen atoms in total. The summed E-state index contributed by atoms with van der Waals surface area (Å²) in [6.45, 7) is 0.586. The molecule has 17 heavy (non-hydrogen) atoms. The number of imidazole rings is 1. The summed E-state index contributed by atoms with van der Waals surface area (Å²) in [5.41, 5.74) is 9.44. The maximum Gasteiger partial charge on any atom is 0.113 e. The fraction of sp³-hybridized carbons (Fsp3) is 0.500. The van der Waals surface area contributed by atoms with Crippen LogP contribution in [0.2, 0.25) is 0 Å². The average Bonchev–Trinajstić information content (AvgIpc) is 3.24. The first-order chi connectivity index (χ1) is 8.38. The van der Waals surface area contributed by atoms with Gasteiger partial charge < -0.3 is 10.3 Å². The molecule has 1 aromatic heterocycles. The number of fused-ring (bicyclic) bond motifs is 1. The summed E-state index contributed by atoms with van der Waals surface area (Å²) in [4.78, 5) is 4.89. The summed E-state index contributed by atoms with van der Waals surface area (Å²) in [6.07, 6.45) is 5.26. The van der Waals surface area contributed by atoms with Gasteiger partial charge in [-0.3, -0.25) is 0 Å². The van der Waals surface area contributed by atoms with Gasteiger partial charge in [0.25, 0.3) is 0 Å². The number of aromatic nitrogens is 2. The molecule has 1 heterocycles. The van der Waals surface area contributed by atoms with Gasteiger partial charge in [0.2, 0.25) is 0 Å². The number of nitrogens with two attached hydrogens (primary N) is 1. The number of nitrogens with zero attached hydrogens (tertiary/aromatic N) is 2. The van der Waals surface area contributed by atoms with E-state index < -0.39 is 0 Å². The Morgan fingerprint density at radius 3 is 2.71 bits per heavy atom. The van der Waals surface area contributed by atoms with Crippen molar-refractivity contribution in [3.63, 3.8) is 0 Å². The Morgan fingerprint density at radius 1 is 1.24 bits per heavy atom. The van der Waals surface area contributed by atoms with E-state index in [-0.39, 0.29) is 0 Å². The number of rotatable bonds is 3. The zero-order valence-corrected chi connectivity index (χ0v) is 9.89. The molecule has 2 N–H and O–H groups in total. The maximum atomic E-state index is 5.81. The maximum absolute atomic E-state index is 5.81. The van der Waals surface area contributed by atoms with Crippen molar-refractivity contribution in [2.24, 2.45) is 5.73 Å². The van der Waals surface area contributed by atoms with Crippen LogP contribution in [0.15, 0.2) is 18.2 Å². The van der Waals surface area contributed by atoms with Crippen LogP contribution in [0.4, 0.5) is 0 Å². The third-order valence-electron chi connectivity index (χ3n) is 3.91. The monoisotopic (exact) mass is 227 g/mol. The predicted molar refractivity (Wildman–Crippen MR) is 67.9 cm³/mol. The highest BCUT2D eigenvalue weighted by molar-refractivity contribution is 5.80. The zero-order chi connectivity index (χ0) is 11.4. The van der Waals surface area contributed by atoms with Crippen molar-refractivity contribution < 1.29 is 0 Å². The third-order valence-corrected chi connectivity index (χ3v) is 3.91. The van der Waals surface area contributed by atoms with E-state index in [1.54, 1.807) is 0 Å². The molecule has 2 saturated carbocycles. The number of hydrogen-bond donors (Lipinski definition) is 1. The number of benzene rings is 1. The Hall–Kier alpha value is -1.35. The molecule has 0 saturated heterocycles. The van der Waals surface area contributed by atoms with Crippen molar-refractivity contribution in [3.05, 3.63) is 29.6 Å². The predicted octanol–water partition coefficient (Wildman–Crippen LogP) is 2.71. The third kappa shape index (κ3) is 1.42. The summed E-state index contributed by atoms with van der Waals surface area (Å²) in [7, 11) is 0. The van der Waals surface area contributed by atoms with Crippen molar-refractivity contribution >= 4 is 11.0 Å². The molecule has 2 aliphatic carbocycles. The molecule has 0 amide bonds. The lowest BCUT2D eigenvalue weighted by Gasteiger charge is -2.06. The molecule has 0 unspecified atom stereocenters. The van der Waals surface area contributed by atoms with Crippen LogP contribution >= 0.6 is 0 Å². The Labute approximate surface area is 101 Å². The van der Waals surface area contributed by atoms with E-state index >= 15 is 0 Å². The van der Waals surface area contributed by atoms with Crippen LogP contribution in [0.25, 0.3) is 11.0 Å². The largest absolute Gasteiger partial charge is 0.326 e. The van der Waals surface area contributed by atoms with Crippen LogP contribution in [0.1, 0.15) is 49.0 Å². The second-order valence-electron chi connectivity index (χ2n) is 5.33. The first-order valence-electron chi connectivity index (χ1n) is 6.58. The van der Waals surface area contributed by atoms with Gasteiger partial charge in [0.1, 0.15) is 5.82 Å². The normalized spacial score (nSPS) is 20.1. The fourth-order valence-corrected chi connectivity index (χ4v) is 2.70. The van der Waals surface area contributed by atoms with Crippen molar-refractivity contribution in [3.8, 4) is 0 Å². The quantitative estimate of drug-likeness (QED) is 0.876. The summed E-state index contributed by atoms with van der Waals surface area (Å²) < 4.78 is 2.49. The van der Waals surface area contributed by atoms with Crippen LogP contribution in [-0.2, 0) is 6.54 Å². The first-order valence-corrected chi connectivity index (χ1v) is 6.58. The van der Waals surface area contributed by atoms with Crippen LogP contribution in [0, 0.1) is 0 Å². The van der Waals surface area contributed by atoms with Crippen LogP contribution < -0.4 is 5.73 Å². The van der Waals surface area contributed by atoms with Crippen LogP contribution in [0.3, 0.4) is 0 Å². The zero-order valence-electron chi connectivity index (χ0n) is 9.89. The van der Waals surface area contributed by atoms with Crippen LogP contribution in [0.5, 0.6) is 0 Å². The Morgan fingerprint density at radius 2 is 2.06 bits per heavy atom. The van der Waals surface area contributed by atoms with E-state index in [4.69, 9.17) is 10.7 Å². The lowest BCUT2D eigenvalue weighted by Crippen LogP contribution is -1.99. The lowest BCUT2D eigenvalue weighted by molar-refractivity contribution is 0.703. The van der Waals surface area contributed by atoms with Gasteiger partial charge in [0.05, 0.1) is 11.0 Å². The first kappa shape index (κ1) is 9.66. The smallest absolute Gasteiger partial charge is 0.113 e. The molecule has 2 fully saturated rings. The van der Waals surface area contributed by atoms with Gasteiger partial charge in [0.15, 0.2) is 0 Å². The van der Waals surface area contributed by atoms with Gasteiger partial charge in [-0.15, -0.1) is 0 Å². The van der Waals surface area contributed by atoms with E-state index in [2.05, 4.69) is 22.8 Å². The molecule has 3 heteroatoms. The van der Waals surface area contributed by atoms with Crippen molar-refractivity contribution in [2.45, 2.75) is 44.2 Å². The SMILES string of the molecule is NCc1cccc2c1nc(C1CC1)n2C1CC1. The van der Waals surface area contributed by atoms with E-state index in [1.165, 1.54) is 42.6 Å². The lowest BCUT2D eigenvalue weighted by atomic mass is 10.2. The second kappa shape index (κ2) is 3.33. The standard InChI is InChI=1S/C14H17N3/c15-8-10-2-1-3-12-13(10)16-14(9-4-5-9)17(12)11-6-7-11/h1-3,9,11H,4-8,15H2. The fourth-order valence-electron chi connectivity index (χ4n) is 2.70. The summed E-state index contributed by atoms with van der Waals surface area (Å²) >= 11 is 0. The minimum absolute atomic E-state index is 0.586. The van der Waals surface area contributed by atoms with E-state index in [1.807, 2.05) is 0 Å². The molecule has 2 aliphatic rings. The highest BCUT2D eigenvalue weighted by Crippen LogP contribution is 2.46. The van der Waals surface area contributed by atoms with Gasteiger partial charge in [0, 0.05) is 18.5 Å². The molecule has 0 radical (unpaired) electrons. The summed E-state index contributed by atoms with van der Waals surface area (Å²) in [5, 5.41) is 0. The Balaban J connectivity index is 2.00. The molecule has 0 atom stereocenters. The van der Waals surface area contributed by atoms with Crippen LogP contribution in [-0.4, -0.2) is 9.55 Å². The second-order valence-corrected chi connectivity index (χ2v) is 5.33. The van der Waals surface area contributed by atoms with Gasteiger partial charge in [-0.2, -0.15) is 0 Å². The van der Waals surface area contributed by atoms with E-state index in [0.29, 0.717) is 18.5 Å². The molecule has 4 rings (SSSR count). The Kier molecular flexibility index (Phi) is 1.89. The number of hydrogen-bond acceptors (Lipinski definition) is 2.